The number of carbonyl (C=O) groups is 1. The standard InChI is InChI=1S/C13H19ClN2O/c1-9(10-7-5-6-8-11(10)14)16-12(17)13(2,3)15-4/h5-9,15H,1-4H3,(H,16,17)/t9-/m1/s1. The van der Waals surface area contributed by atoms with Gasteiger partial charge in [0, 0.05) is 5.02 Å². The first-order chi connectivity index (χ1) is 7.88. The van der Waals surface area contributed by atoms with Gasteiger partial charge in [-0.3, -0.25) is 4.79 Å². The van der Waals surface area contributed by atoms with Crippen molar-refractivity contribution >= 4 is 17.5 Å². The summed E-state index contributed by atoms with van der Waals surface area (Å²) in [7, 11) is 1.76. The first-order valence-corrected chi connectivity index (χ1v) is 6.00. The average Bonchev–Trinajstić information content (AvgIpc) is 2.29. The minimum absolute atomic E-state index is 0.0487. The summed E-state index contributed by atoms with van der Waals surface area (Å²) in [5, 5.41) is 6.58. The zero-order valence-corrected chi connectivity index (χ0v) is 11.4. The van der Waals surface area contributed by atoms with Gasteiger partial charge in [-0.2, -0.15) is 0 Å². The second-order valence-electron chi connectivity index (χ2n) is 4.59. The van der Waals surface area contributed by atoms with Crippen LogP contribution in [0.3, 0.4) is 0 Å². The second kappa shape index (κ2) is 5.52. The molecule has 0 aromatic heterocycles. The molecule has 0 aliphatic rings. The summed E-state index contributed by atoms with van der Waals surface area (Å²) in [5.41, 5.74) is 0.338. The molecule has 0 aliphatic heterocycles. The lowest BCUT2D eigenvalue weighted by Gasteiger charge is -2.26. The molecule has 1 atom stereocenters. The molecule has 4 heteroatoms. The third-order valence-corrected chi connectivity index (χ3v) is 3.26. The third kappa shape index (κ3) is 3.45. The fourth-order valence-corrected chi connectivity index (χ4v) is 1.69. The molecule has 0 heterocycles. The van der Waals surface area contributed by atoms with Crippen LogP contribution in [0.15, 0.2) is 24.3 Å². The van der Waals surface area contributed by atoms with Gasteiger partial charge in [0.2, 0.25) is 5.91 Å². The smallest absolute Gasteiger partial charge is 0.240 e. The summed E-state index contributed by atoms with van der Waals surface area (Å²) in [6, 6.07) is 7.41. The van der Waals surface area contributed by atoms with E-state index in [0.29, 0.717) is 5.02 Å². The van der Waals surface area contributed by atoms with Crippen LogP contribution in [0.4, 0.5) is 0 Å². The first kappa shape index (κ1) is 14.0. The van der Waals surface area contributed by atoms with Crippen LogP contribution in [0.5, 0.6) is 0 Å². The van der Waals surface area contributed by atoms with Crippen molar-refractivity contribution in [3.8, 4) is 0 Å². The lowest BCUT2D eigenvalue weighted by Crippen LogP contribution is -2.51. The monoisotopic (exact) mass is 254 g/mol. The fraction of sp³-hybridized carbons (Fsp3) is 0.462. The SMILES string of the molecule is CNC(C)(C)C(=O)N[C@H](C)c1ccccc1Cl. The van der Waals surface area contributed by atoms with Crippen molar-refractivity contribution < 1.29 is 4.79 Å². The topological polar surface area (TPSA) is 41.1 Å². The van der Waals surface area contributed by atoms with Crippen LogP contribution in [-0.4, -0.2) is 18.5 Å². The molecule has 0 radical (unpaired) electrons. The van der Waals surface area contributed by atoms with Gasteiger partial charge in [-0.25, -0.2) is 0 Å². The molecule has 1 amide bonds. The molecule has 0 saturated carbocycles. The largest absolute Gasteiger partial charge is 0.348 e. The van der Waals surface area contributed by atoms with Crippen LogP contribution >= 0.6 is 11.6 Å². The van der Waals surface area contributed by atoms with Crippen LogP contribution in [0, 0.1) is 0 Å². The number of nitrogens with one attached hydrogen (secondary N) is 2. The van der Waals surface area contributed by atoms with E-state index in [1.165, 1.54) is 0 Å². The Hall–Kier alpha value is -1.06. The molecule has 2 N–H and O–H groups in total. The average molecular weight is 255 g/mol. The highest BCUT2D eigenvalue weighted by atomic mass is 35.5. The van der Waals surface area contributed by atoms with Gasteiger partial charge in [0.25, 0.3) is 0 Å². The van der Waals surface area contributed by atoms with Crippen molar-refractivity contribution in [2.24, 2.45) is 0 Å². The van der Waals surface area contributed by atoms with Gasteiger partial charge in [0.05, 0.1) is 11.6 Å². The number of hydrogen-bond donors (Lipinski definition) is 2. The zero-order valence-electron chi connectivity index (χ0n) is 10.7. The number of amides is 1. The van der Waals surface area contributed by atoms with E-state index in [9.17, 15) is 4.79 Å². The Morgan fingerprint density at radius 2 is 1.94 bits per heavy atom. The number of benzene rings is 1. The Kier molecular flexibility index (Phi) is 4.54. The fourth-order valence-electron chi connectivity index (χ4n) is 1.39. The Labute approximate surface area is 108 Å². The number of rotatable bonds is 4. The maximum Gasteiger partial charge on any atom is 0.240 e. The van der Waals surface area contributed by atoms with Gasteiger partial charge < -0.3 is 10.6 Å². The molecule has 0 saturated heterocycles. The van der Waals surface area contributed by atoms with Crippen molar-refractivity contribution in [2.45, 2.75) is 32.4 Å². The van der Waals surface area contributed by atoms with E-state index >= 15 is 0 Å². The molecule has 0 unspecified atom stereocenters. The van der Waals surface area contributed by atoms with Crippen molar-refractivity contribution in [3.05, 3.63) is 34.9 Å². The highest BCUT2D eigenvalue weighted by molar-refractivity contribution is 6.31. The van der Waals surface area contributed by atoms with E-state index in [1.54, 1.807) is 7.05 Å². The predicted octanol–water partition coefficient (Wildman–Crippen LogP) is 2.52. The number of halogens is 1. The summed E-state index contributed by atoms with van der Waals surface area (Å²) in [5.74, 6) is -0.0487. The van der Waals surface area contributed by atoms with E-state index < -0.39 is 5.54 Å². The Balaban J connectivity index is 2.77. The van der Waals surface area contributed by atoms with Crippen LogP contribution < -0.4 is 10.6 Å². The molecule has 0 fully saturated rings. The maximum absolute atomic E-state index is 12.0. The summed E-state index contributed by atoms with van der Waals surface area (Å²) < 4.78 is 0. The summed E-state index contributed by atoms with van der Waals surface area (Å²) in [6.45, 7) is 5.59. The quantitative estimate of drug-likeness (QED) is 0.867. The minimum Gasteiger partial charge on any atom is -0.348 e. The van der Waals surface area contributed by atoms with Gasteiger partial charge in [-0.15, -0.1) is 0 Å². The van der Waals surface area contributed by atoms with Crippen molar-refractivity contribution in [1.82, 2.24) is 10.6 Å². The molecule has 1 aromatic carbocycles. The molecule has 1 rings (SSSR count). The van der Waals surface area contributed by atoms with Crippen LogP contribution in [0.25, 0.3) is 0 Å². The molecular weight excluding hydrogens is 236 g/mol. The van der Waals surface area contributed by atoms with E-state index in [2.05, 4.69) is 10.6 Å². The van der Waals surface area contributed by atoms with Gasteiger partial charge in [0.1, 0.15) is 0 Å². The van der Waals surface area contributed by atoms with E-state index in [4.69, 9.17) is 11.6 Å². The van der Waals surface area contributed by atoms with Crippen molar-refractivity contribution in [2.75, 3.05) is 7.05 Å². The Morgan fingerprint density at radius 1 is 1.35 bits per heavy atom. The maximum atomic E-state index is 12.0. The van der Waals surface area contributed by atoms with E-state index in [-0.39, 0.29) is 11.9 Å². The lowest BCUT2D eigenvalue weighted by molar-refractivity contribution is -0.126. The van der Waals surface area contributed by atoms with Crippen molar-refractivity contribution in [3.63, 3.8) is 0 Å². The first-order valence-electron chi connectivity index (χ1n) is 5.63. The number of carbonyl (C=O) groups excluding carboxylic acids is 1. The number of likely N-dealkylation sites (N-methyl/N-ethyl adjacent to an activating group) is 1. The zero-order chi connectivity index (χ0) is 13.1. The minimum atomic E-state index is -0.588. The van der Waals surface area contributed by atoms with Crippen LogP contribution in [-0.2, 0) is 4.79 Å². The van der Waals surface area contributed by atoms with Crippen molar-refractivity contribution in [1.29, 1.82) is 0 Å². The molecule has 3 nitrogen and oxygen atoms in total. The highest BCUT2D eigenvalue weighted by Gasteiger charge is 2.26. The molecule has 1 aromatic rings. The van der Waals surface area contributed by atoms with Crippen LogP contribution in [0.1, 0.15) is 32.4 Å². The van der Waals surface area contributed by atoms with Crippen LogP contribution in [0.2, 0.25) is 5.02 Å². The summed E-state index contributed by atoms with van der Waals surface area (Å²) in [4.78, 5) is 12.0. The molecule has 0 spiro atoms. The lowest BCUT2D eigenvalue weighted by atomic mass is 10.0. The van der Waals surface area contributed by atoms with E-state index in [1.807, 2.05) is 45.0 Å². The Morgan fingerprint density at radius 3 is 2.47 bits per heavy atom. The Bertz CT molecular complexity index is 404. The van der Waals surface area contributed by atoms with Gasteiger partial charge in [0.15, 0.2) is 0 Å². The molecule has 17 heavy (non-hydrogen) atoms. The number of hydrogen-bond acceptors (Lipinski definition) is 2. The molecular formula is C13H19ClN2O. The predicted molar refractivity (Wildman–Crippen MR) is 71.1 cm³/mol. The third-order valence-electron chi connectivity index (χ3n) is 2.91. The van der Waals surface area contributed by atoms with E-state index in [0.717, 1.165) is 5.56 Å². The normalized spacial score (nSPS) is 13.2. The second-order valence-corrected chi connectivity index (χ2v) is 5.00. The van der Waals surface area contributed by atoms with Gasteiger partial charge in [-0.05, 0) is 39.4 Å². The highest BCUT2D eigenvalue weighted by Crippen LogP contribution is 2.22. The van der Waals surface area contributed by atoms with Gasteiger partial charge >= 0.3 is 0 Å². The summed E-state index contributed by atoms with van der Waals surface area (Å²) in [6.07, 6.45) is 0. The molecule has 0 aliphatic carbocycles. The van der Waals surface area contributed by atoms with Gasteiger partial charge in [-0.1, -0.05) is 29.8 Å². The molecule has 94 valence electrons. The molecule has 0 bridgehead atoms. The summed E-state index contributed by atoms with van der Waals surface area (Å²) >= 11 is 6.08.